The number of carboxylic acid groups (broad SMARTS) is 2. The van der Waals surface area contributed by atoms with Gasteiger partial charge in [0.2, 0.25) is 11.8 Å². The molecule has 2 amide bonds. The Morgan fingerprint density at radius 2 is 1.91 bits per heavy atom. The number of amides is 2. The van der Waals surface area contributed by atoms with Crippen LogP contribution in [0.3, 0.4) is 0 Å². The molecule has 0 bridgehead atoms. The molecule has 1 aromatic heterocycles. The molecule has 34 heavy (non-hydrogen) atoms. The number of pyridine rings is 1. The number of ether oxygens (including phenoxy) is 1. The van der Waals surface area contributed by atoms with Crippen LogP contribution in [0.25, 0.3) is 10.9 Å². The minimum atomic E-state index is -1.70. The first-order valence-corrected chi connectivity index (χ1v) is 11.5. The van der Waals surface area contributed by atoms with Crippen molar-refractivity contribution in [3.8, 4) is 5.75 Å². The lowest BCUT2D eigenvalue weighted by Gasteiger charge is -2.19. The van der Waals surface area contributed by atoms with Crippen molar-refractivity contribution < 1.29 is 39.2 Å². The highest BCUT2D eigenvalue weighted by Gasteiger charge is 2.23. The fourth-order valence-corrected chi connectivity index (χ4v) is 4.13. The second kappa shape index (κ2) is 12.8. The predicted molar refractivity (Wildman–Crippen MR) is 124 cm³/mol. The van der Waals surface area contributed by atoms with Crippen LogP contribution in [-0.2, 0) is 19.2 Å². The molecule has 0 saturated heterocycles. The predicted octanol–water partition coefficient (Wildman–Crippen LogP) is 0.945. The van der Waals surface area contributed by atoms with E-state index in [9.17, 15) is 24.3 Å². The molecule has 2 rings (SSSR count). The van der Waals surface area contributed by atoms with E-state index in [4.69, 9.17) is 14.9 Å². The Hall–Kier alpha value is -3.38. The van der Waals surface area contributed by atoms with Gasteiger partial charge in [-0.1, -0.05) is 0 Å². The first-order valence-electron chi connectivity index (χ1n) is 10.5. The molecule has 11 nitrogen and oxygen atoms in total. The lowest BCUT2D eigenvalue weighted by atomic mass is 10.2. The van der Waals surface area contributed by atoms with E-state index < -0.39 is 42.4 Å². The highest BCUT2D eigenvalue weighted by Crippen LogP contribution is 2.31. The van der Waals surface area contributed by atoms with Crippen LogP contribution < -0.4 is 15.4 Å². The van der Waals surface area contributed by atoms with Gasteiger partial charge in [0.25, 0.3) is 0 Å². The molecule has 0 radical (unpaired) electrons. The van der Waals surface area contributed by atoms with Crippen molar-refractivity contribution >= 4 is 46.4 Å². The van der Waals surface area contributed by atoms with Crippen LogP contribution in [0.15, 0.2) is 29.2 Å². The van der Waals surface area contributed by atoms with E-state index in [-0.39, 0.29) is 18.6 Å². The van der Waals surface area contributed by atoms with Crippen LogP contribution in [0, 0.1) is 6.92 Å². The van der Waals surface area contributed by atoms with E-state index in [1.807, 2.05) is 32.0 Å². The van der Waals surface area contributed by atoms with Crippen LogP contribution >= 0.6 is 11.8 Å². The number of rotatable bonds is 13. The number of aliphatic carboxylic acids is 2. The minimum Gasteiger partial charge on any atom is -0.494 e. The molecule has 1 heterocycles. The van der Waals surface area contributed by atoms with E-state index in [0.717, 1.165) is 21.5 Å². The fraction of sp³-hybridized carbons (Fsp3) is 0.409. The van der Waals surface area contributed by atoms with E-state index in [2.05, 4.69) is 15.6 Å². The van der Waals surface area contributed by atoms with Gasteiger partial charge < -0.3 is 30.7 Å². The number of thioether (sulfide) groups is 1. The molecule has 0 spiro atoms. The lowest BCUT2D eigenvalue weighted by molar-refractivity contribution is -0.147. The van der Waals surface area contributed by atoms with E-state index in [0.29, 0.717) is 12.4 Å². The number of carbonyl (C=O) groups excluding carboxylic acids is 2. The number of carboxylic acids is 2. The number of aromatic nitrogens is 1. The topological polar surface area (TPSA) is 175 Å². The number of aliphatic hydroxyl groups is 1. The number of aryl methyl sites for hydroxylation is 1. The maximum absolute atomic E-state index is 12.5. The third-order valence-electron chi connectivity index (χ3n) is 4.58. The number of fused-ring (bicyclic) bond motifs is 1. The Bertz CT molecular complexity index is 1060. The van der Waals surface area contributed by atoms with Crippen molar-refractivity contribution in [2.24, 2.45) is 0 Å². The number of nitrogens with one attached hydrogen (secondary N) is 2. The van der Waals surface area contributed by atoms with Gasteiger partial charge in [0.05, 0.1) is 12.1 Å². The summed E-state index contributed by atoms with van der Waals surface area (Å²) in [5.41, 5.74) is 1.47. The van der Waals surface area contributed by atoms with Crippen molar-refractivity contribution in [1.29, 1.82) is 0 Å². The third-order valence-corrected chi connectivity index (χ3v) is 5.73. The third kappa shape index (κ3) is 8.19. The van der Waals surface area contributed by atoms with Gasteiger partial charge >= 0.3 is 11.9 Å². The first-order chi connectivity index (χ1) is 16.1. The zero-order valence-corrected chi connectivity index (χ0v) is 19.6. The second-order valence-corrected chi connectivity index (χ2v) is 8.37. The van der Waals surface area contributed by atoms with Gasteiger partial charge in [0.15, 0.2) is 6.10 Å². The Morgan fingerprint density at radius 3 is 2.56 bits per heavy atom. The number of nitrogens with zero attached hydrogens (tertiary/aromatic N) is 1. The molecule has 5 N–H and O–H groups in total. The van der Waals surface area contributed by atoms with Gasteiger partial charge in [-0.25, -0.2) is 4.79 Å². The molecule has 0 aliphatic carbocycles. The van der Waals surface area contributed by atoms with Crippen molar-refractivity contribution in [2.45, 2.75) is 43.7 Å². The van der Waals surface area contributed by atoms with E-state index in [1.165, 1.54) is 11.8 Å². The number of benzene rings is 1. The summed E-state index contributed by atoms with van der Waals surface area (Å²) in [6.45, 7) is 3.56. The summed E-state index contributed by atoms with van der Waals surface area (Å²) in [6.07, 6.45) is -2.35. The molecule has 2 unspecified atom stereocenters. The van der Waals surface area contributed by atoms with Gasteiger partial charge in [-0.3, -0.25) is 19.4 Å². The average Bonchev–Trinajstić information content (AvgIpc) is 2.78. The van der Waals surface area contributed by atoms with Gasteiger partial charge in [0.1, 0.15) is 18.3 Å². The Morgan fingerprint density at radius 1 is 1.18 bits per heavy atom. The largest absolute Gasteiger partial charge is 0.494 e. The van der Waals surface area contributed by atoms with E-state index >= 15 is 0 Å². The standard InChI is InChI=1S/C22H27N3O8S/c1-3-33-13-4-5-15-14(9-13)18(8-12(2)24-15)34-11-16(21(30)23-10-20(28)29)25-19(27)7-6-17(26)22(31)32/h4-5,8-9,16-17,26H,3,6-7,10-11H2,1-2H3,(H,23,30)(H,25,27)(H,28,29)(H,31,32). The average molecular weight is 494 g/mol. The summed E-state index contributed by atoms with van der Waals surface area (Å²) in [4.78, 5) is 51.7. The molecule has 2 aromatic rings. The van der Waals surface area contributed by atoms with Gasteiger partial charge in [-0.2, -0.15) is 0 Å². The Labute approximate surface area is 199 Å². The van der Waals surface area contributed by atoms with Crippen LogP contribution in [-0.4, -0.2) is 75.1 Å². The molecule has 0 fully saturated rings. The number of carbonyl (C=O) groups is 4. The molecule has 2 atom stereocenters. The normalized spacial score (nSPS) is 12.6. The zero-order valence-electron chi connectivity index (χ0n) is 18.7. The van der Waals surface area contributed by atoms with Crippen LogP contribution in [0.1, 0.15) is 25.5 Å². The van der Waals surface area contributed by atoms with Crippen LogP contribution in [0.4, 0.5) is 0 Å². The van der Waals surface area contributed by atoms with Crippen LogP contribution in [0.5, 0.6) is 5.75 Å². The van der Waals surface area contributed by atoms with Gasteiger partial charge in [-0.05, 0) is 44.5 Å². The fourth-order valence-electron chi connectivity index (χ4n) is 2.98. The molecule has 0 saturated carbocycles. The lowest BCUT2D eigenvalue weighted by Crippen LogP contribution is -2.49. The monoisotopic (exact) mass is 493 g/mol. The van der Waals surface area contributed by atoms with E-state index in [1.54, 1.807) is 6.07 Å². The summed E-state index contributed by atoms with van der Waals surface area (Å²) in [7, 11) is 0. The molecule has 0 aliphatic rings. The molecular weight excluding hydrogens is 466 g/mol. The summed E-state index contributed by atoms with van der Waals surface area (Å²) >= 11 is 1.27. The summed E-state index contributed by atoms with van der Waals surface area (Å²) in [5.74, 6) is -3.32. The van der Waals surface area contributed by atoms with Crippen LogP contribution in [0.2, 0.25) is 0 Å². The molecule has 184 valence electrons. The van der Waals surface area contributed by atoms with Crippen molar-refractivity contribution in [3.05, 3.63) is 30.0 Å². The second-order valence-electron chi connectivity index (χ2n) is 7.31. The smallest absolute Gasteiger partial charge is 0.332 e. The Balaban J connectivity index is 2.20. The van der Waals surface area contributed by atoms with Crippen molar-refractivity contribution in [3.63, 3.8) is 0 Å². The first kappa shape index (κ1) is 26.9. The molecular formula is C22H27N3O8S. The quantitative estimate of drug-likeness (QED) is 0.253. The molecule has 0 aliphatic heterocycles. The number of hydrogen-bond donors (Lipinski definition) is 5. The number of hydrogen-bond acceptors (Lipinski definition) is 8. The van der Waals surface area contributed by atoms with Gasteiger partial charge in [0, 0.05) is 28.1 Å². The molecule has 12 heteroatoms. The number of aliphatic hydroxyl groups excluding tert-OH is 1. The summed E-state index contributed by atoms with van der Waals surface area (Å²) in [6, 6.07) is 6.20. The highest BCUT2D eigenvalue weighted by molar-refractivity contribution is 7.99. The SMILES string of the molecule is CCOc1ccc2nc(C)cc(SCC(NC(=O)CCC(O)C(=O)O)C(=O)NCC(=O)O)c2c1. The zero-order chi connectivity index (χ0) is 25.3. The molecule has 1 aromatic carbocycles. The highest BCUT2D eigenvalue weighted by atomic mass is 32.2. The minimum absolute atomic E-state index is 0.0656. The van der Waals surface area contributed by atoms with Crippen molar-refractivity contribution in [1.82, 2.24) is 15.6 Å². The summed E-state index contributed by atoms with van der Waals surface area (Å²) in [5, 5.41) is 32.5. The maximum Gasteiger partial charge on any atom is 0.332 e. The van der Waals surface area contributed by atoms with Crippen molar-refractivity contribution in [2.75, 3.05) is 18.9 Å². The Kier molecular flexibility index (Phi) is 10.1. The van der Waals surface area contributed by atoms with Gasteiger partial charge in [-0.15, -0.1) is 11.8 Å². The maximum atomic E-state index is 12.5. The summed E-state index contributed by atoms with van der Waals surface area (Å²) < 4.78 is 5.56.